The number of ether oxygens (including phenoxy) is 1. The fourth-order valence-electron chi connectivity index (χ4n) is 1.70. The second-order valence-corrected chi connectivity index (χ2v) is 4.50. The van der Waals surface area contributed by atoms with Gasteiger partial charge in [0.25, 0.3) is 0 Å². The van der Waals surface area contributed by atoms with Gasteiger partial charge < -0.3 is 4.74 Å². The summed E-state index contributed by atoms with van der Waals surface area (Å²) in [5.41, 5.74) is 2.51. The lowest BCUT2D eigenvalue weighted by molar-refractivity contribution is 0.306. The first-order valence-corrected chi connectivity index (χ1v) is 6.02. The van der Waals surface area contributed by atoms with E-state index in [1.54, 1.807) is 0 Å². The van der Waals surface area contributed by atoms with Crippen LogP contribution in [-0.2, 0) is 6.61 Å². The quantitative estimate of drug-likeness (QED) is 0.724. The summed E-state index contributed by atoms with van der Waals surface area (Å²) in [6.07, 6.45) is 0. The van der Waals surface area contributed by atoms with Gasteiger partial charge in [0.2, 0.25) is 0 Å². The van der Waals surface area contributed by atoms with Crippen molar-refractivity contribution >= 4 is 12.2 Å². The summed E-state index contributed by atoms with van der Waals surface area (Å²) < 4.78 is 5.78. The van der Waals surface area contributed by atoms with Gasteiger partial charge in [-0.15, -0.1) is 0 Å². The van der Waals surface area contributed by atoms with Gasteiger partial charge in [-0.1, -0.05) is 61.6 Å². The Bertz CT molecular complexity index is 465. The van der Waals surface area contributed by atoms with Crippen LogP contribution in [0.25, 0.3) is 0 Å². The maximum atomic E-state index is 5.78. The van der Waals surface area contributed by atoms with Gasteiger partial charge in [0.15, 0.2) is 6.71 Å². The van der Waals surface area contributed by atoms with E-state index < -0.39 is 0 Å². The van der Waals surface area contributed by atoms with E-state index in [1.165, 1.54) is 11.0 Å². The minimum Gasteiger partial charge on any atom is -0.489 e. The molecular weight excluding hydrogens is 207 g/mol. The van der Waals surface area contributed by atoms with E-state index in [2.05, 4.69) is 44.0 Å². The third kappa shape index (κ3) is 3.38. The van der Waals surface area contributed by atoms with Crippen molar-refractivity contribution in [2.45, 2.75) is 20.3 Å². The molecule has 0 bridgehead atoms. The first-order chi connectivity index (χ1) is 8.25. The van der Waals surface area contributed by atoms with Crippen LogP contribution in [0.5, 0.6) is 5.75 Å². The Labute approximate surface area is 104 Å². The largest absolute Gasteiger partial charge is 0.489 e. The van der Waals surface area contributed by atoms with Gasteiger partial charge in [0.1, 0.15) is 12.4 Å². The van der Waals surface area contributed by atoms with Crippen molar-refractivity contribution in [3.05, 3.63) is 60.2 Å². The van der Waals surface area contributed by atoms with E-state index in [1.807, 2.05) is 24.3 Å². The number of rotatable bonds is 4. The fourth-order valence-corrected chi connectivity index (χ4v) is 1.70. The molecule has 0 aromatic heterocycles. The lowest BCUT2D eigenvalue weighted by atomic mass is 9.49. The normalized spacial score (nSPS) is 10.0. The molecule has 0 amide bonds. The summed E-state index contributed by atoms with van der Waals surface area (Å²) >= 11 is 0. The van der Waals surface area contributed by atoms with Crippen LogP contribution >= 0.6 is 0 Å². The van der Waals surface area contributed by atoms with Crippen LogP contribution < -0.4 is 10.2 Å². The lowest BCUT2D eigenvalue weighted by Gasteiger charge is -2.09. The summed E-state index contributed by atoms with van der Waals surface area (Å²) in [4.78, 5) is 0. The standard InChI is InChI=1S/C15H17BO/c1-16(2)14-9-6-10-15(11-14)17-12-13-7-4-3-5-8-13/h3-11H,12H2,1-2H3. The van der Waals surface area contributed by atoms with Crippen molar-refractivity contribution in [2.75, 3.05) is 0 Å². The van der Waals surface area contributed by atoms with Crippen molar-refractivity contribution in [2.24, 2.45) is 0 Å². The molecule has 1 nitrogen and oxygen atoms in total. The average molecular weight is 224 g/mol. The monoisotopic (exact) mass is 224 g/mol. The van der Waals surface area contributed by atoms with Gasteiger partial charge in [0, 0.05) is 0 Å². The number of benzene rings is 2. The second-order valence-electron chi connectivity index (χ2n) is 4.50. The summed E-state index contributed by atoms with van der Waals surface area (Å²) in [6, 6.07) is 18.5. The zero-order valence-corrected chi connectivity index (χ0v) is 10.4. The van der Waals surface area contributed by atoms with Crippen molar-refractivity contribution < 1.29 is 4.74 Å². The first kappa shape index (κ1) is 11.8. The van der Waals surface area contributed by atoms with Gasteiger partial charge in [-0.05, 0) is 17.7 Å². The Morgan fingerprint density at radius 3 is 2.41 bits per heavy atom. The van der Waals surface area contributed by atoms with Crippen molar-refractivity contribution in [3.63, 3.8) is 0 Å². The van der Waals surface area contributed by atoms with Crippen LogP contribution in [0.4, 0.5) is 0 Å². The van der Waals surface area contributed by atoms with Gasteiger partial charge in [-0.25, -0.2) is 0 Å². The molecule has 0 heterocycles. The topological polar surface area (TPSA) is 9.23 Å². The molecule has 2 rings (SSSR count). The Hall–Kier alpha value is -1.70. The maximum Gasteiger partial charge on any atom is 0.169 e. The van der Waals surface area contributed by atoms with Crippen molar-refractivity contribution in [1.29, 1.82) is 0 Å². The van der Waals surface area contributed by atoms with Crippen molar-refractivity contribution in [3.8, 4) is 5.75 Å². The summed E-state index contributed by atoms with van der Waals surface area (Å²) in [5, 5.41) is 0. The van der Waals surface area contributed by atoms with Crippen molar-refractivity contribution in [1.82, 2.24) is 0 Å². The van der Waals surface area contributed by atoms with E-state index in [4.69, 9.17) is 4.74 Å². The van der Waals surface area contributed by atoms with E-state index in [0.29, 0.717) is 13.3 Å². The lowest BCUT2D eigenvalue weighted by Crippen LogP contribution is -2.22. The summed E-state index contributed by atoms with van der Waals surface area (Å²) in [6.45, 7) is 5.55. The minimum atomic E-state index is 0.537. The molecule has 2 aromatic rings. The van der Waals surface area contributed by atoms with E-state index >= 15 is 0 Å². The molecule has 0 aliphatic carbocycles. The van der Waals surface area contributed by atoms with Gasteiger partial charge in [-0.2, -0.15) is 0 Å². The summed E-state index contributed by atoms with van der Waals surface area (Å²) in [5.74, 6) is 0.944. The molecule has 17 heavy (non-hydrogen) atoms. The third-order valence-electron chi connectivity index (χ3n) is 2.77. The Morgan fingerprint density at radius 1 is 0.941 bits per heavy atom. The van der Waals surface area contributed by atoms with Crippen LogP contribution in [-0.4, -0.2) is 6.71 Å². The zero-order chi connectivity index (χ0) is 12.1. The van der Waals surface area contributed by atoms with E-state index in [-0.39, 0.29) is 0 Å². The Morgan fingerprint density at radius 2 is 1.71 bits per heavy atom. The molecule has 0 fully saturated rings. The smallest absolute Gasteiger partial charge is 0.169 e. The third-order valence-corrected chi connectivity index (χ3v) is 2.77. The molecule has 0 saturated carbocycles. The molecule has 2 heteroatoms. The molecule has 0 aliphatic heterocycles. The highest BCUT2D eigenvalue weighted by Crippen LogP contribution is 2.11. The molecule has 2 aromatic carbocycles. The molecule has 0 saturated heterocycles. The molecule has 0 N–H and O–H groups in total. The zero-order valence-electron chi connectivity index (χ0n) is 10.4. The van der Waals surface area contributed by atoms with Gasteiger partial charge in [0.05, 0.1) is 0 Å². The molecule has 0 radical (unpaired) electrons. The molecule has 0 aliphatic rings. The highest BCUT2D eigenvalue weighted by atomic mass is 16.5. The van der Waals surface area contributed by atoms with E-state index in [0.717, 1.165) is 5.75 Å². The Balaban J connectivity index is 2.02. The molecule has 0 spiro atoms. The molecule has 86 valence electrons. The summed E-state index contributed by atoms with van der Waals surface area (Å²) in [7, 11) is 0. The maximum absolute atomic E-state index is 5.78. The number of hydrogen-bond acceptors (Lipinski definition) is 1. The van der Waals surface area contributed by atoms with E-state index in [9.17, 15) is 0 Å². The van der Waals surface area contributed by atoms with Gasteiger partial charge in [-0.3, -0.25) is 0 Å². The Kier molecular flexibility index (Phi) is 3.87. The fraction of sp³-hybridized carbons (Fsp3) is 0.200. The molecule has 0 unspecified atom stereocenters. The highest BCUT2D eigenvalue weighted by molar-refractivity contribution is 6.70. The van der Waals surface area contributed by atoms with Crippen LogP contribution in [0.1, 0.15) is 5.56 Å². The van der Waals surface area contributed by atoms with Crippen LogP contribution in [0.2, 0.25) is 13.6 Å². The van der Waals surface area contributed by atoms with Crippen LogP contribution in [0.3, 0.4) is 0 Å². The average Bonchev–Trinajstić information content (AvgIpc) is 2.38. The minimum absolute atomic E-state index is 0.537. The SMILES string of the molecule is CB(C)c1cccc(OCc2ccccc2)c1. The molecular formula is C15H17BO. The second kappa shape index (κ2) is 5.58. The van der Waals surface area contributed by atoms with Crippen LogP contribution in [0.15, 0.2) is 54.6 Å². The van der Waals surface area contributed by atoms with Crippen LogP contribution in [0, 0.1) is 0 Å². The first-order valence-electron chi connectivity index (χ1n) is 6.02. The number of hydrogen-bond donors (Lipinski definition) is 0. The molecule has 0 atom stereocenters. The van der Waals surface area contributed by atoms with Gasteiger partial charge >= 0.3 is 0 Å². The highest BCUT2D eigenvalue weighted by Gasteiger charge is 2.03. The predicted octanol–water partition coefficient (Wildman–Crippen LogP) is 3.23. The predicted molar refractivity (Wildman–Crippen MR) is 74.3 cm³/mol.